The molecule has 2 saturated heterocycles. The maximum Gasteiger partial charge on any atom is 0.244 e. The molecule has 8 heteroatoms. The summed E-state index contributed by atoms with van der Waals surface area (Å²) in [5.41, 5.74) is 9.77. The van der Waals surface area contributed by atoms with Crippen LogP contribution >= 0.6 is 0 Å². The summed E-state index contributed by atoms with van der Waals surface area (Å²) in [5, 5.41) is 3.57. The van der Waals surface area contributed by atoms with E-state index in [9.17, 15) is 9.59 Å². The highest BCUT2D eigenvalue weighted by molar-refractivity contribution is 5.93. The predicted octanol–water partition coefficient (Wildman–Crippen LogP) is 1.92. The molecule has 2 fully saturated rings. The van der Waals surface area contributed by atoms with Crippen molar-refractivity contribution in [2.75, 3.05) is 37.6 Å². The van der Waals surface area contributed by atoms with Crippen molar-refractivity contribution in [3.05, 3.63) is 40.9 Å². The number of fused-ring (bicyclic) bond motifs is 1. The number of hydrogen-bond donors (Lipinski definition) is 2. The van der Waals surface area contributed by atoms with Gasteiger partial charge in [-0.05, 0) is 50.5 Å². The number of aromatic nitrogens is 2. The maximum absolute atomic E-state index is 13.9. The normalized spacial score (nSPS) is 27.8. The first-order valence-electron chi connectivity index (χ1n) is 12.8. The van der Waals surface area contributed by atoms with Gasteiger partial charge in [-0.15, -0.1) is 0 Å². The summed E-state index contributed by atoms with van der Waals surface area (Å²) in [4.78, 5) is 39.1. The third-order valence-corrected chi connectivity index (χ3v) is 8.16. The zero-order valence-electron chi connectivity index (χ0n) is 20.3. The van der Waals surface area contributed by atoms with E-state index in [2.05, 4.69) is 34.0 Å². The van der Waals surface area contributed by atoms with Crippen LogP contribution in [0.15, 0.2) is 29.6 Å². The molecule has 0 radical (unpaired) electrons. The van der Waals surface area contributed by atoms with Crippen molar-refractivity contribution in [3.8, 4) is 0 Å². The van der Waals surface area contributed by atoms with Crippen LogP contribution in [-0.4, -0.2) is 65.4 Å². The third kappa shape index (κ3) is 4.24. The van der Waals surface area contributed by atoms with Gasteiger partial charge in [0.05, 0.1) is 5.92 Å². The Labute approximate surface area is 201 Å². The fourth-order valence-corrected chi connectivity index (χ4v) is 6.22. The number of nitrogens with zero attached hydrogens (tertiary/aromatic N) is 4. The molecule has 2 aliphatic carbocycles. The minimum Gasteiger partial charge on any atom is -0.366 e. The third-order valence-electron chi connectivity index (χ3n) is 8.16. The Bertz CT molecular complexity index is 1020. The number of carbonyl (C=O) groups is 2. The topological polar surface area (TPSA) is 104 Å². The van der Waals surface area contributed by atoms with Crippen LogP contribution in [0.4, 0.5) is 5.82 Å². The number of carbonyl (C=O) groups excluding carboxylic acids is 2. The number of anilines is 1. The summed E-state index contributed by atoms with van der Waals surface area (Å²) in [6, 6.07) is 0.147. The van der Waals surface area contributed by atoms with Gasteiger partial charge in [-0.1, -0.05) is 31.6 Å². The number of primary amides is 1. The molecule has 2 aliphatic heterocycles. The fourth-order valence-electron chi connectivity index (χ4n) is 6.22. The number of nitrogens with two attached hydrogens (primary N) is 1. The smallest absolute Gasteiger partial charge is 0.244 e. The Hall–Kier alpha value is -2.74. The van der Waals surface area contributed by atoms with Crippen molar-refractivity contribution in [2.24, 2.45) is 17.6 Å². The Kier molecular flexibility index (Phi) is 6.42. The van der Waals surface area contributed by atoms with Gasteiger partial charge in [-0.3, -0.25) is 9.59 Å². The minimum absolute atomic E-state index is 0.121. The van der Waals surface area contributed by atoms with E-state index in [-0.39, 0.29) is 29.7 Å². The molecule has 1 aromatic heterocycles. The van der Waals surface area contributed by atoms with Gasteiger partial charge in [-0.25, -0.2) is 9.97 Å². The minimum atomic E-state index is -0.370. The van der Waals surface area contributed by atoms with Crippen molar-refractivity contribution < 1.29 is 9.59 Å². The molecule has 5 rings (SSSR count). The van der Waals surface area contributed by atoms with Crippen LogP contribution in [0.2, 0.25) is 0 Å². The van der Waals surface area contributed by atoms with Crippen molar-refractivity contribution in [1.82, 2.24) is 20.2 Å². The zero-order valence-corrected chi connectivity index (χ0v) is 20.3. The number of nitrogens with one attached hydrogen (secondary N) is 1. The predicted molar refractivity (Wildman–Crippen MR) is 131 cm³/mol. The van der Waals surface area contributed by atoms with Crippen molar-refractivity contribution in [3.63, 3.8) is 0 Å². The molecule has 3 heterocycles. The average molecular weight is 465 g/mol. The van der Waals surface area contributed by atoms with Crippen LogP contribution < -0.4 is 16.0 Å². The summed E-state index contributed by atoms with van der Waals surface area (Å²) >= 11 is 0. The van der Waals surface area contributed by atoms with Crippen LogP contribution in [0.1, 0.15) is 56.7 Å². The number of allylic oxidation sites excluding steroid dienone is 2. The molecular formula is C26H36N6O2. The summed E-state index contributed by atoms with van der Waals surface area (Å²) in [7, 11) is 0. The quantitative estimate of drug-likeness (QED) is 0.690. The van der Waals surface area contributed by atoms with Gasteiger partial charge in [0.25, 0.3) is 0 Å². The first kappa shape index (κ1) is 23.0. The summed E-state index contributed by atoms with van der Waals surface area (Å²) in [6.07, 6.45) is 10.3. The second-order valence-electron chi connectivity index (χ2n) is 10.3. The Morgan fingerprint density at radius 2 is 1.88 bits per heavy atom. The molecule has 0 spiro atoms. The van der Waals surface area contributed by atoms with Crippen LogP contribution in [-0.2, 0) is 16.0 Å². The van der Waals surface area contributed by atoms with Crippen molar-refractivity contribution >= 4 is 17.6 Å². The lowest BCUT2D eigenvalue weighted by Gasteiger charge is -2.40. The first-order valence-corrected chi connectivity index (χ1v) is 12.8. The van der Waals surface area contributed by atoms with E-state index in [1.807, 2.05) is 17.1 Å². The molecule has 0 aromatic carbocycles. The van der Waals surface area contributed by atoms with E-state index in [4.69, 9.17) is 5.73 Å². The monoisotopic (exact) mass is 464 g/mol. The Balaban J connectivity index is 1.33. The SMILES string of the molecule is CC1CC(C(N)=O)=CC=C1[C@H](C(=O)N1CCN(c2ncnc3c2[C@H](C)CC3)CC1)[C@@H]1CCCN1. The van der Waals surface area contributed by atoms with E-state index in [1.165, 1.54) is 11.3 Å². The molecule has 182 valence electrons. The molecule has 3 N–H and O–H groups in total. The van der Waals surface area contributed by atoms with Crippen LogP contribution in [0, 0.1) is 11.8 Å². The van der Waals surface area contributed by atoms with E-state index >= 15 is 0 Å². The van der Waals surface area contributed by atoms with Crippen molar-refractivity contribution in [2.45, 2.75) is 57.9 Å². The molecule has 4 atom stereocenters. The highest BCUT2D eigenvalue weighted by atomic mass is 16.2. The largest absolute Gasteiger partial charge is 0.366 e. The lowest BCUT2D eigenvalue weighted by Crippen LogP contribution is -2.53. The number of rotatable bonds is 5. The van der Waals surface area contributed by atoms with Gasteiger partial charge >= 0.3 is 0 Å². The van der Waals surface area contributed by atoms with E-state index in [1.54, 1.807) is 6.33 Å². The standard InChI is InChI=1S/C26H36N6O2/c1-16-5-8-21-22(16)25(30-15-29-21)31-10-12-32(13-11-31)26(34)23(20-4-3-9-28-20)19-7-6-18(24(27)33)14-17(19)2/h6-7,15-17,20,23,28H,3-5,8-14H2,1-2H3,(H2,27,33)/t16-,17?,20+,23+/m1/s1. The summed E-state index contributed by atoms with van der Waals surface area (Å²) in [6.45, 7) is 8.27. The highest BCUT2D eigenvalue weighted by Gasteiger charge is 2.39. The average Bonchev–Trinajstić information content (AvgIpc) is 3.50. The Morgan fingerprint density at radius 3 is 2.56 bits per heavy atom. The molecule has 8 nitrogen and oxygen atoms in total. The fraction of sp³-hybridized carbons (Fsp3) is 0.615. The zero-order chi connectivity index (χ0) is 23.8. The van der Waals surface area contributed by atoms with Gasteiger partial charge in [0.2, 0.25) is 11.8 Å². The van der Waals surface area contributed by atoms with E-state index in [0.29, 0.717) is 31.0 Å². The summed E-state index contributed by atoms with van der Waals surface area (Å²) in [5.74, 6) is 1.30. The van der Waals surface area contributed by atoms with Crippen LogP contribution in [0.5, 0.6) is 0 Å². The number of aryl methyl sites for hydroxylation is 1. The molecule has 1 aromatic rings. The maximum atomic E-state index is 13.9. The van der Waals surface area contributed by atoms with Gasteiger partial charge in [-0.2, -0.15) is 0 Å². The first-order chi connectivity index (χ1) is 16.4. The van der Waals surface area contributed by atoms with Crippen LogP contribution in [0.3, 0.4) is 0 Å². The molecule has 2 amide bonds. The second-order valence-corrected chi connectivity index (χ2v) is 10.3. The van der Waals surface area contributed by atoms with Gasteiger partial charge < -0.3 is 20.9 Å². The molecule has 0 bridgehead atoms. The van der Waals surface area contributed by atoms with Crippen molar-refractivity contribution in [1.29, 1.82) is 0 Å². The number of hydrogen-bond acceptors (Lipinski definition) is 6. The highest BCUT2D eigenvalue weighted by Crippen LogP contribution is 2.38. The van der Waals surface area contributed by atoms with Gasteiger partial charge in [0.15, 0.2) is 0 Å². The van der Waals surface area contributed by atoms with E-state index in [0.717, 1.165) is 56.7 Å². The molecule has 1 unspecified atom stereocenters. The van der Waals surface area contributed by atoms with E-state index < -0.39 is 0 Å². The molecule has 34 heavy (non-hydrogen) atoms. The van der Waals surface area contributed by atoms with Crippen LogP contribution in [0.25, 0.3) is 0 Å². The lowest BCUT2D eigenvalue weighted by molar-refractivity contribution is -0.135. The lowest BCUT2D eigenvalue weighted by atomic mass is 9.77. The number of amides is 2. The van der Waals surface area contributed by atoms with Gasteiger partial charge in [0.1, 0.15) is 12.1 Å². The summed E-state index contributed by atoms with van der Waals surface area (Å²) < 4.78 is 0. The Morgan fingerprint density at radius 1 is 1.09 bits per heavy atom. The molecule has 4 aliphatic rings. The molecular weight excluding hydrogens is 428 g/mol. The second kappa shape index (κ2) is 9.49. The molecule has 0 saturated carbocycles. The van der Waals surface area contributed by atoms with Gasteiger partial charge in [0, 0.05) is 49.1 Å². The number of piperazine rings is 1.